The summed E-state index contributed by atoms with van der Waals surface area (Å²) in [6.07, 6.45) is 0. The lowest BCUT2D eigenvalue weighted by molar-refractivity contribution is 0.414. The van der Waals surface area contributed by atoms with E-state index in [9.17, 15) is 4.39 Å². The average molecular weight is 324 g/mol. The molecule has 2 aromatic rings. The van der Waals surface area contributed by atoms with Crippen molar-refractivity contribution in [3.63, 3.8) is 0 Å². The summed E-state index contributed by atoms with van der Waals surface area (Å²) in [5.74, 6) is 0.438. The van der Waals surface area contributed by atoms with Gasteiger partial charge in [0, 0.05) is 10.0 Å². The molecule has 2 nitrogen and oxygen atoms in total. The number of rotatable bonds is 3. The average Bonchev–Trinajstić information content (AvgIpc) is 2.40. The van der Waals surface area contributed by atoms with Crippen molar-refractivity contribution in [2.45, 2.75) is 13.0 Å². The predicted octanol–water partition coefficient (Wildman–Crippen LogP) is 3.95. The Hall–Kier alpha value is -1.39. The summed E-state index contributed by atoms with van der Waals surface area (Å²) in [6.45, 7) is 1.92. The van der Waals surface area contributed by atoms with Crippen molar-refractivity contribution in [2.24, 2.45) is 5.73 Å². The highest BCUT2D eigenvalue weighted by Gasteiger charge is 2.16. The zero-order chi connectivity index (χ0) is 14.0. The number of methoxy groups -OCH3 is 1. The second-order valence-corrected chi connectivity index (χ2v) is 5.24. The Morgan fingerprint density at radius 3 is 2.53 bits per heavy atom. The SMILES string of the molecule is COc1ccc(C(N)c2cc(C)ccc2F)c(Br)c1. The maximum absolute atomic E-state index is 13.9. The van der Waals surface area contributed by atoms with Gasteiger partial charge < -0.3 is 10.5 Å². The number of hydrogen-bond donors (Lipinski definition) is 1. The molecule has 0 heterocycles. The lowest BCUT2D eigenvalue weighted by Gasteiger charge is -2.16. The predicted molar refractivity (Wildman–Crippen MR) is 77.9 cm³/mol. The molecule has 0 fully saturated rings. The molecule has 1 atom stereocenters. The Bertz CT molecular complexity index is 601. The van der Waals surface area contributed by atoms with Crippen LogP contribution >= 0.6 is 15.9 Å². The van der Waals surface area contributed by atoms with E-state index >= 15 is 0 Å². The van der Waals surface area contributed by atoms with E-state index in [0.29, 0.717) is 5.56 Å². The zero-order valence-corrected chi connectivity index (χ0v) is 12.4. The first-order chi connectivity index (χ1) is 9.02. The van der Waals surface area contributed by atoms with Crippen LogP contribution in [0.15, 0.2) is 40.9 Å². The standard InChI is InChI=1S/C15H15BrFNO/c1-9-3-6-14(17)12(7-9)15(18)11-5-4-10(19-2)8-13(11)16/h3-8,15H,18H2,1-2H3. The molecular weight excluding hydrogens is 309 g/mol. The maximum Gasteiger partial charge on any atom is 0.128 e. The molecule has 0 amide bonds. The molecular formula is C15H15BrFNO. The summed E-state index contributed by atoms with van der Waals surface area (Å²) < 4.78 is 19.8. The van der Waals surface area contributed by atoms with Crippen LogP contribution in [0.3, 0.4) is 0 Å². The van der Waals surface area contributed by atoms with Crippen LogP contribution in [-0.4, -0.2) is 7.11 Å². The van der Waals surface area contributed by atoms with E-state index in [0.717, 1.165) is 21.3 Å². The van der Waals surface area contributed by atoms with Crippen LogP contribution in [-0.2, 0) is 0 Å². The van der Waals surface area contributed by atoms with Gasteiger partial charge in [-0.15, -0.1) is 0 Å². The number of aryl methyl sites for hydroxylation is 1. The Morgan fingerprint density at radius 2 is 1.89 bits per heavy atom. The van der Waals surface area contributed by atoms with Crippen LogP contribution in [0.4, 0.5) is 4.39 Å². The van der Waals surface area contributed by atoms with Gasteiger partial charge in [0.15, 0.2) is 0 Å². The fraction of sp³-hybridized carbons (Fsp3) is 0.200. The Kier molecular flexibility index (Phi) is 4.22. The van der Waals surface area contributed by atoms with E-state index in [2.05, 4.69) is 15.9 Å². The number of benzene rings is 2. The molecule has 0 bridgehead atoms. The van der Waals surface area contributed by atoms with E-state index in [1.54, 1.807) is 19.2 Å². The van der Waals surface area contributed by atoms with Gasteiger partial charge in [-0.3, -0.25) is 0 Å². The molecule has 0 saturated carbocycles. The lowest BCUT2D eigenvalue weighted by atomic mass is 9.97. The molecule has 2 rings (SSSR count). The molecule has 2 aromatic carbocycles. The molecule has 0 aliphatic carbocycles. The number of hydrogen-bond acceptors (Lipinski definition) is 2. The van der Waals surface area contributed by atoms with Gasteiger partial charge in [0.25, 0.3) is 0 Å². The van der Waals surface area contributed by atoms with Crippen LogP contribution in [0.2, 0.25) is 0 Å². The minimum absolute atomic E-state index is 0.291. The van der Waals surface area contributed by atoms with Crippen molar-refractivity contribution in [1.82, 2.24) is 0 Å². The Labute approximate surface area is 120 Å². The van der Waals surface area contributed by atoms with Crippen molar-refractivity contribution in [1.29, 1.82) is 0 Å². The second kappa shape index (κ2) is 5.72. The van der Waals surface area contributed by atoms with Crippen molar-refractivity contribution < 1.29 is 9.13 Å². The fourth-order valence-electron chi connectivity index (χ4n) is 1.96. The molecule has 2 N–H and O–H groups in total. The molecule has 0 spiro atoms. The first-order valence-corrected chi connectivity index (χ1v) is 6.67. The Balaban J connectivity index is 2.43. The molecule has 0 aliphatic heterocycles. The van der Waals surface area contributed by atoms with E-state index in [1.807, 2.05) is 25.1 Å². The minimum atomic E-state index is -0.514. The quantitative estimate of drug-likeness (QED) is 0.928. The molecule has 4 heteroatoms. The smallest absolute Gasteiger partial charge is 0.128 e. The maximum atomic E-state index is 13.9. The van der Waals surface area contributed by atoms with Crippen LogP contribution in [0.5, 0.6) is 5.75 Å². The van der Waals surface area contributed by atoms with Gasteiger partial charge in [0.2, 0.25) is 0 Å². The van der Waals surface area contributed by atoms with Crippen LogP contribution < -0.4 is 10.5 Å². The van der Waals surface area contributed by atoms with Crippen molar-refractivity contribution in [2.75, 3.05) is 7.11 Å². The third-order valence-electron chi connectivity index (χ3n) is 3.03. The largest absolute Gasteiger partial charge is 0.497 e. The van der Waals surface area contributed by atoms with Crippen molar-refractivity contribution in [3.8, 4) is 5.75 Å². The molecule has 0 radical (unpaired) electrons. The lowest BCUT2D eigenvalue weighted by Crippen LogP contribution is -2.14. The normalized spacial score (nSPS) is 12.3. The number of ether oxygens (including phenoxy) is 1. The number of halogens is 2. The van der Waals surface area contributed by atoms with Gasteiger partial charge in [-0.05, 0) is 30.7 Å². The first kappa shape index (κ1) is 14.0. The summed E-state index contributed by atoms with van der Waals surface area (Å²) in [5.41, 5.74) is 8.47. The second-order valence-electron chi connectivity index (χ2n) is 4.39. The van der Waals surface area contributed by atoms with E-state index < -0.39 is 6.04 Å². The Morgan fingerprint density at radius 1 is 1.16 bits per heavy atom. The third-order valence-corrected chi connectivity index (χ3v) is 3.72. The molecule has 1 unspecified atom stereocenters. The summed E-state index contributed by atoms with van der Waals surface area (Å²) in [4.78, 5) is 0. The van der Waals surface area contributed by atoms with Crippen LogP contribution in [0.25, 0.3) is 0 Å². The van der Waals surface area contributed by atoms with E-state index in [1.165, 1.54) is 6.07 Å². The van der Waals surface area contributed by atoms with Crippen LogP contribution in [0.1, 0.15) is 22.7 Å². The zero-order valence-electron chi connectivity index (χ0n) is 10.8. The van der Waals surface area contributed by atoms with Crippen LogP contribution in [0, 0.1) is 12.7 Å². The summed E-state index contributed by atoms with van der Waals surface area (Å²) in [5, 5.41) is 0. The molecule has 0 saturated heterocycles. The molecule has 100 valence electrons. The van der Waals surface area contributed by atoms with Gasteiger partial charge in [0.05, 0.1) is 13.2 Å². The summed E-state index contributed by atoms with van der Waals surface area (Å²) in [7, 11) is 1.60. The van der Waals surface area contributed by atoms with E-state index in [-0.39, 0.29) is 5.82 Å². The number of nitrogens with two attached hydrogens (primary N) is 1. The van der Waals surface area contributed by atoms with Gasteiger partial charge in [-0.25, -0.2) is 4.39 Å². The molecule has 0 aromatic heterocycles. The topological polar surface area (TPSA) is 35.2 Å². The van der Waals surface area contributed by atoms with Crippen molar-refractivity contribution >= 4 is 15.9 Å². The van der Waals surface area contributed by atoms with E-state index in [4.69, 9.17) is 10.5 Å². The van der Waals surface area contributed by atoms with Gasteiger partial charge in [-0.1, -0.05) is 39.7 Å². The third kappa shape index (κ3) is 2.96. The molecule has 0 aliphatic rings. The highest BCUT2D eigenvalue weighted by atomic mass is 79.9. The van der Waals surface area contributed by atoms with Gasteiger partial charge >= 0.3 is 0 Å². The fourth-order valence-corrected chi connectivity index (χ4v) is 2.56. The highest BCUT2D eigenvalue weighted by Crippen LogP contribution is 2.31. The van der Waals surface area contributed by atoms with Gasteiger partial charge in [-0.2, -0.15) is 0 Å². The molecule has 19 heavy (non-hydrogen) atoms. The summed E-state index contributed by atoms with van der Waals surface area (Å²) >= 11 is 3.45. The summed E-state index contributed by atoms with van der Waals surface area (Å²) in [6, 6.07) is 9.92. The first-order valence-electron chi connectivity index (χ1n) is 5.88. The monoisotopic (exact) mass is 323 g/mol. The van der Waals surface area contributed by atoms with Crippen molar-refractivity contribution in [3.05, 3.63) is 63.4 Å². The van der Waals surface area contributed by atoms with Gasteiger partial charge in [0.1, 0.15) is 11.6 Å². The minimum Gasteiger partial charge on any atom is -0.497 e. The highest BCUT2D eigenvalue weighted by molar-refractivity contribution is 9.10.